The Kier molecular flexibility index (Phi) is 5.18. The Labute approximate surface area is 79.5 Å². The van der Waals surface area contributed by atoms with E-state index in [-0.39, 0.29) is 0 Å². The third-order valence-corrected chi connectivity index (χ3v) is 2.13. The van der Waals surface area contributed by atoms with Crippen LogP contribution in [0.4, 0.5) is 8.78 Å². The van der Waals surface area contributed by atoms with Crippen LogP contribution in [0.3, 0.4) is 0 Å². The summed E-state index contributed by atoms with van der Waals surface area (Å²) in [4.78, 5) is 19.2. The molecule has 0 aliphatic rings. The molecule has 0 amide bonds. The Hall–Kier alpha value is -0.520. The third kappa shape index (κ3) is 4.64. The Balaban J connectivity index is 3.86. The van der Waals surface area contributed by atoms with Crippen LogP contribution in [0.25, 0.3) is 0 Å². The number of hydrogen-bond acceptors (Lipinski definition) is 4. The van der Waals surface area contributed by atoms with Gasteiger partial charge in [0.05, 0.1) is 5.92 Å². The second-order valence-corrected chi connectivity index (χ2v) is 4.48. The van der Waals surface area contributed by atoms with Crippen molar-refractivity contribution in [1.82, 2.24) is 0 Å². The van der Waals surface area contributed by atoms with Crippen LogP contribution in [-0.2, 0) is 18.6 Å². The molecule has 8 heteroatoms. The average molecular weight is 232 g/mol. The van der Waals surface area contributed by atoms with E-state index >= 15 is 0 Å². The highest BCUT2D eigenvalue weighted by atomic mass is 31.2. The van der Waals surface area contributed by atoms with Gasteiger partial charge in [-0.2, -0.15) is 8.78 Å². The number of ether oxygens (including phenoxy) is 1. The molecule has 0 aromatic rings. The Morgan fingerprint density at radius 3 is 2.36 bits per heavy atom. The molecule has 0 spiro atoms. The Morgan fingerprint density at radius 2 is 2.00 bits per heavy atom. The first-order chi connectivity index (χ1) is 6.27. The van der Waals surface area contributed by atoms with Crippen molar-refractivity contribution >= 4 is 13.6 Å². The molecule has 0 heterocycles. The summed E-state index contributed by atoms with van der Waals surface area (Å²) in [6.45, 7) is 2.09. The minimum Gasteiger partial charge on any atom is -0.438 e. The molecule has 0 aromatic heterocycles. The molecule has 0 saturated carbocycles. The molecule has 1 unspecified atom stereocenters. The van der Waals surface area contributed by atoms with Crippen LogP contribution in [0.5, 0.6) is 0 Å². The summed E-state index contributed by atoms with van der Waals surface area (Å²) in [6, 6.07) is 0. The van der Waals surface area contributed by atoms with Crippen molar-refractivity contribution < 1.29 is 32.3 Å². The van der Waals surface area contributed by atoms with Crippen molar-refractivity contribution in [3.05, 3.63) is 0 Å². The van der Waals surface area contributed by atoms with Gasteiger partial charge in [-0.1, -0.05) is 13.8 Å². The van der Waals surface area contributed by atoms with Crippen LogP contribution >= 0.6 is 7.60 Å². The second-order valence-electron chi connectivity index (χ2n) is 2.71. The van der Waals surface area contributed by atoms with Crippen molar-refractivity contribution in [3.8, 4) is 0 Å². The fourth-order valence-electron chi connectivity index (χ4n) is 0.383. The van der Waals surface area contributed by atoms with E-state index in [0.717, 1.165) is 0 Å². The van der Waals surface area contributed by atoms with Crippen LogP contribution in [-0.4, -0.2) is 23.8 Å². The maximum atomic E-state index is 11.7. The lowest BCUT2D eigenvalue weighted by atomic mass is 10.2. The molecule has 0 rings (SSSR count). The molecule has 0 radical (unpaired) electrons. The number of hydrogen-bond donors (Lipinski definition) is 1. The lowest BCUT2D eigenvalue weighted by Crippen LogP contribution is -2.14. The zero-order chi connectivity index (χ0) is 11.4. The molecule has 0 aliphatic carbocycles. The van der Waals surface area contributed by atoms with Crippen LogP contribution in [0, 0.1) is 5.92 Å². The summed E-state index contributed by atoms with van der Waals surface area (Å²) in [5.41, 5.74) is 0. The predicted octanol–water partition coefficient (Wildman–Crippen LogP) is 1.57. The van der Waals surface area contributed by atoms with E-state index in [1.54, 1.807) is 0 Å². The van der Waals surface area contributed by atoms with E-state index in [0.29, 0.717) is 0 Å². The van der Waals surface area contributed by atoms with Gasteiger partial charge < -0.3 is 9.63 Å². The van der Waals surface area contributed by atoms with Crippen LogP contribution in [0.1, 0.15) is 13.8 Å². The first-order valence-corrected chi connectivity index (χ1v) is 5.34. The topological polar surface area (TPSA) is 72.8 Å². The normalized spacial score (nSPS) is 15.6. The molecule has 0 fully saturated rings. The molecule has 84 valence electrons. The molecular weight excluding hydrogens is 221 g/mol. The minimum atomic E-state index is -4.96. The van der Waals surface area contributed by atoms with Gasteiger partial charge in [0, 0.05) is 0 Å². The second kappa shape index (κ2) is 5.38. The number of carbonyl (C=O) groups is 1. The quantitative estimate of drug-likeness (QED) is 0.442. The molecule has 0 saturated heterocycles. The van der Waals surface area contributed by atoms with Crippen LogP contribution in [0.15, 0.2) is 0 Å². The highest BCUT2D eigenvalue weighted by Crippen LogP contribution is 2.48. The van der Waals surface area contributed by atoms with Crippen molar-refractivity contribution in [1.29, 1.82) is 0 Å². The zero-order valence-corrected chi connectivity index (χ0v) is 8.54. The first kappa shape index (κ1) is 13.5. The third-order valence-electron chi connectivity index (χ3n) is 1.16. The van der Waals surface area contributed by atoms with Gasteiger partial charge in [0.25, 0.3) is 0 Å². The molecule has 0 bridgehead atoms. The van der Waals surface area contributed by atoms with Gasteiger partial charge in [-0.25, -0.2) is 0 Å². The number of carbonyl (C=O) groups excluding carboxylic acids is 1. The maximum absolute atomic E-state index is 11.7. The average Bonchev–Trinajstić information content (AvgIpc) is 2.03. The summed E-state index contributed by atoms with van der Waals surface area (Å²) in [7, 11) is -4.96. The molecule has 1 atom stereocenters. The standard InChI is InChI=1S/C6H11F2O5P/c1-4(2)5(9)12-3-13-14(10,11)6(7)8/h4,6H,3H2,1-2H3,(H,10,11). The van der Waals surface area contributed by atoms with E-state index in [9.17, 15) is 18.1 Å². The van der Waals surface area contributed by atoms with E-state index in [1.165, 1.54) is 13.8 Å². The minimum absolute atomic E-state index is 0.455. The molecule has 0 aromatic carbocycles. The van der Waals surface area contributed by atoms with E-state index in [2.05, 4.69) is 9.26 Å². The van der Waals surface area contributed by atoms with Crippen LogP contribution in [0.2, 0.25) is 0 Å². The van der Waals surface area contributed by atoms with Crippen molar-refractivity contribution in [2.45, 2.75) is 20.0 Å². The van der Waals surface area contributed by atoms with E-state index in [1.807, 2.05) is 0 Å². The van der Waals surface area contributed by atoms with E-state index < -0.39 is 32.4 Å². The molecule has 0 aliphatic heterocycles. The predicted molar refractivity (Wildman–Crippen MR) is 42.7 cm³/mol. The summed E-state index contributed by atoms with van der Waals surface area (Å²) >= 11 is 0. The fraction of sp³-hybridized carbons (Fsp3) is 0.833. The summed E-state index contributed by atoms with van der Waals surface area (Å²) in [6.07, 6.45) is -3.50. The SMILES string of the molecule is CC(C)C(=O)OCOP(=O)(O)C(F)F. The number of alkyl halides is 2. The molecule has 1 N–H and O–H groups in total. The van der Waals surface area contributed by atoms with Crippen molar-refractivity contribution in [2.75, 3.05) is 6.79 Å². The molecule has 5 nitrogen and oxygen atoms in total. The maximum Gasteiger partial charge on any atom is 0.396 e. The first-order valence-electron chi connectivity index (χ1n) is 3.69. The molecule has 14 heavy (non-hydrogen) atoms. The Morgan fingerprint density at radius 1 is 1.50 bits per heavy atom. The van der Waals surface area contributed by atoms with Gasteiger partial charge in [-0.15, -0.1) is 0 Å². The summed E-state index contributed by atoms with van der Waals surface area (Å²) < 4.78 is 42.0. The fourth-order valence-corrected chi connectivity index (χ4v) is 0.699. The van der Waals surface area contributed by atoms with Gasteiger partial charge in [-0.3, -0.25) is 13.9 Å². The largest absolute Gasteiger partial charge is 0.438 e. The smallest absolute Gasteiger partial charge is 0.396 e. The lowest BCUT2D eigenvalue weighted by Gasteiger charge is -2.11. The number of rotatable bonds is 5. The van der Waals surface area contributed by atoms with Gasteiger partial charge in [0.15, 0.2) is 0 Å². The van der Waals surface area contributed by atoms with Crippen molar-refractivity contribution in [3.63, 3.8) is 0 Å². The lowest BCUT2D eigenvalue weighted by molar-refractivity contribution is -0.154. The summed E-state index contributed by atoms with van der Waals surface area (Å²) in [5.74, 6) is -1.15. The van der Waals surface area contributed by atoms with Gasteiger partial charge >= 0.3 is 19.7 Å². The van der Waals surface area contributed by atoms with Gasteiger partial charge in [0.1, 0.15) is 0 Å². The highest BCUT2D eigenvalue weighted by Gasteiger charge is 2.33. The van der Waals surface area contributed by atoms with Gasteiger partial charge in [-0.05, 0) is 0 Å². The number of halogens is 2. The molecular formula is C6H11F2O5P. The summed E-state index contributed by atoms with van der Waals surface area (Å²) in [5, 5.41) is 0. The van der Waals surface area contributed by atoms with Crippen LogP contribution < -0.4 is 0 Å². The Bertz CT molecular complexity index is 242. The monoisotopic (exact) mass is 232 g/mol. The number of esters is 1. The zero-order valence-electron chi connectivity index (χ0n) is 7.65. The van der Waals surface area contributed by atoms with Crippen molar-refractivity contribution in [2.24, 2.45) is 5.92 Å². The van der Waals surface area contributed by atoms with Gasteiger partial charge in [0.2, 0.25) is 6.79 Å². The van der Waals surface area contributed by atoms with E-state index in [4.69, 9.17) is 4.89 Å². The highest BCUT2D eigenvalue weighted by molar-refractivity contribution is 7.53.